The van der Waals surface area contributed by atoms with Crippen molar-refractivity contribution in [3.63, 3.8) is 0 Å². The molecule has 18 heavy (non-hydrogen) atoms. The van der Waals surface area contributed by atoms with Crippen molar-refractivity contribution >= 4 is 11.6 Å². The molecule has 0 aromatic heterocycles. The molecule has 0 unspecified atom stereocenters. The average Bonchev–Trinajstić information content (AvgIpc) is 2.27. The van der Waals surface area contributed by atoms with Gasteiger partial charge in [0.25, 0.3) is 0 Å². The third kappa shape index (κ3) is 3.51. The lowest BCUT2D eigenvalue weighted by atomic mass is 10.1. The molecule has 0 amide bonds. The predicted octanol–water partition coefficient (Wildman–Crippen LogP) is 1.97. The van der Waals surface area contributed by atoms with Crippen LogP contribution in [0.2, 0.25) is 5.02 Å². The summed E-state index contributed by atoms with van der Waals surface area (Å²) in [5.74, 6) is 1.31. The van der Waals surface area contributed by atoms with E-state index in [1.54, 1.807) is 13.8 Å². The number of nitrogens with one attached hydrogen (secondary N) is 1. The van der Waals surface area contributed by atoms with E-state index in [9.17, 15) is 5.11 Å². The van der Waals surface area contributed by atoms with Gasteiger partial charge in [0.15, 0.2) is 11.5 Å². The number of benzene rings is 1. The number of hydrogen-bond donors (Lipinski definition) is 2. The lowest BCUT2D eigenvalue weighted by Gasteiger charge is -2.21. The second kappa shape index (κ2) is 5.34. The van der Waals surface area contributed by atoms with Gasteiger partial charge in [0.05, 0.1) is 10.6 Å². The van der Waals surface area contributed by atoms with Crippen molar-refractivity contribution in [3.8, 4) is 11.5 Å². The summed E-state index contributed by atoms with van der Waals surface area (Å²) in [7, 11) is 0. The molecule has 4 nitrogen and oxygen atoms in total. The minimum Gasteiger partial charge on any atom is -0.486 e. The summed E-state index contributed by atoms with van der Waals surface area (Å²) in [6.45, 7) is 5.74. The Bertz CT molecular complexity index is 429. The largest absolute Gasteiger partial charge is 0.486 e. The van der Waals surface area contributed by atoms with Crippen LogP contribution in [0.25, 0.3) is 0 Å². The second-order valence-electron chi connectivity index (χ2n) is 5.02. The van der Waals surface area contributed by atoms with E-state index in [1.165, 1.54) is 0 Å². The summed E-state index contributed by atoms with van der Waals surface area (Å²) in [5.41, 5.74) is 0.283. The van der Waals surface area contributed by atoms with Crippen LogP contribution in [0.1, 0.15) is 19.4 Å². The Morgan fingerprint density at radius 2 is 2.06 bits per heavy atom. The molecule has 0 radical (unpaired) electrons. The van der Waals surface area contributed by atoms with Crippen molar-refractivity contribution in [2.75, 3.05) is 19.8 Å². The summed E-state index contributed by atoms with van der Waals surface area (Å²) < 4.78 is 11.0. The zero-order chi connectivity index (χ0) is 13.2. The number of hydrogen-bond acceptors (Lipinski definition) is 4. The molecule has 0 saturated heterocycles. The van der Waals surface area contributed by atoms with Gasteiger partial charge >= 0.3 is 0 Å². The summed E-state index contributed by atoms with van der Waals surface area (Å²) in [4.78, 5) is 0. The molecular formula is C13H18ClNO3. The molecular weight excluding hydrogens is 254 g/mol. The van der Waals surface area contributed by atoms with Crippen molar-refractivity contribution in [3.05, 3.63) is 22.7 Å². The van der Waals surface area contributed by atoms with Crippen molar-refractivity contribution < 1.29 is 14.6 Å². The van der Waals surface area contributed by atoms with Crippen molar-refractivity contribution in [2.24, 2.45) is 0 Å². The Labute approximate surface area is 112 Å². The highest BCUT2D eigenvalue weighted by Gasteiger charge is 2.17. The summed E-state index contributed by atoms with van der Waals surface area (Å²) in [5, 5.41) is 13.3. The van der Waals surface area contributed by atoms with E-state index < -0.39 is 5.60 Å². The number of rotatable bonds is 4. The SMILES string of the molecule is CC(C)(O)CNCc1cc(Cl)c2c(c1)OCCO2. The van der Waals surface area contributed by atoms with Crippen LogP contribution in [0, 0.1) is 0 Å². The fourth-order valence-corrected chi connectivity index (χ4v) is 2.07. The highest BCUT2D eigenvalue weighted by Crippen LogP contribution is 2.38. The van der Waals surface area contributed by atoms with Crippen molar-refractivity contribution in [1.29, 1.82) is 0 Å². The molecule has 0 fully saturated rings. The second-order valence-corrected chi connectivity index (χ2v) is 5.43. The Kier molecular flexibility index (Phi) is 4.00. The van der Waals surface area contributed by atoms with Crippen LogP contribution in [0.4, 0.5) is 0 Å². The minimum absolute atomic E-state index is 0.513. The normalized spacial score (nSPS) is 14.7. The van der Waals surface area contributed by atoms with Crippen LogP contribution in [0.3, 0.4) is 0 Å². The third-order valence-corrected chi connectivity index (χ3v) is 2.82. The number of aliphatic hydroxyl groups is 1. The molecule has 0 atom stereocenters. The third-order valence-electron chi connectivity index (χ3n) is 2.54. The predicted molar refractivity (Wildman–Crippen MR) is 70.4 cm³/mol. The maximum absolute atomic E-state index is 9.61. The smallest absolute Gasteiger partial charge is 0.179 e. The monoisotopic (exact) mass is 271 g/mol. The number of ether oxygens (including phenoxy) is 2. The van der Waals surface area contributed by atoms with Gasteiger partial charge in [-0.25, -0.2) is 0 Å². The minimum atomic E-state index is -0.725. The van der Waals surface area contributed by atoms with Gasteiger partial charge in [-0.2, -0.15) is 0 Å². The molecule has 0 aliphatic carbocycles. The average molecular weight is 272 g/mol. The highest BCUT2D eigenvalue weighted by molar-refractivity contribution is 6.32. The van der Waals surface area contributed by atoms with Crippen LogP contribution in [-0.4, -0.2) is 30.5 Å². The van der Waals surface area contributed by atoms with Gasteiger partial charge in [0.2, 0.25) is 0 Å². The molecule has 2 N–H and O–H groups in total. The van der Waals surface area contributed by atoms with Gasteiger partial charge in [0.1, 0.15) is 13.2 Å². The van der Waals surface area contributed by atoms with E-state index in [0.717, 1.165) is 5.56 Å². The van der Waals surface area contributed by atoms with Crippen molar-refractivity contribution in [2.45, 2.75) is 26.0 Å². The lowest BCUT2D eigenvalue weighted by Crippen LogP contribution is -2.34. The molecule has 1 aliphatic heterocycles. The molecule has 0 bridgehead atoms. The first kappa shape index (κ1) is 13.5. The molecule has 0 spiro atoms. The van der Waals surface area contributed by atoms with Gasteiger partial charge in [0, 0.05) is 13.1 Å². The zero-order valence-electron chi connectivity index (χ0n) is 10.6. The molecule has 5 heteroatoms. The Morgan fingerprint density at radius 1 is 1.33 bits per heavy atom. The first-order chi connectivity index (χ1) is 8.46. The van der Waals surface area contributed by atoms with Crippen LogP contribution in [-0.2, 0) is 6.54 Å². The van der Waals surface area contributed by atoms with Crippen LogP contribution < -0.4 is 14.8 Å². The summed E-state index contributed by atoms with van der Waals surface area (Å²) >= 11 is 6.13. The molecule has 100 valence electrons. The fraction of sp³-hybridized carbons (Fsp3) is 0.538. The van der Waals surface area contributed by atoms with Gasteiger partial charge in [-0.15, -0.1) is 0 Å². The van der Waals surface area contributed by atoms with Crippen LogP contribution >= 0.6 is 11.6 Å². The molecule has 0 saturated carbocycles. The van der Waals surface area contributed by atoms with Crippen molar-refractivity contribution in [1.82, 2.24) is 5.32 Å². The van der Waals surface area contributed by atoms with E-state index in [1.807, 2.05) is 12.1 Å². The van der Waals surface area contributed by atoms with E-state index in [0.29, 0.717) is 42.8 Å². The summed E-state index contributed by atoms with van der Waals surface area (Å²) in [6.07, 6.45) is 0. The van der Waals surface area contributed by atoms with E-state index in [2.05, 4.69) is 5.32 Å². The Morgan fingerprint density at radius 3 is 2.78 bits per heavy atom. The van der Waals surface area contributed by atoms with E-state index >= 15 is 0 Å². The Balaban J connectivity index is 2.03. The molecule has 1 heterocycles. The van der Waals surface area contributed by atoms with Gasteiger partial charge in [-0.1, -0.05) is 11.6 Å². The first-order valence-corrected chi connectivity index (χ1v) is 6.35. The fourth-order valence-electron chi connectivity index (χ4n) is 1.78. The standard InChI is InChI=1S/C13H18ClNO3/c1-13(2,16)8-15-7-9-5-10(14)12-11(6-9)17-3-4-18-12/h5-6,15-16H,3-4,7-8H2,1-2H3. The number of fused-ring (bicyclic) bond motifs is 1. The molecule has 2 rings (SSSR count). The zero-order valence-corrected chi connectivity index (χ0v) is 11.4. The molecule has 1 aromatic carbocycles. The topological polar surface area (TPSA) is 50.7 Å². The van der Waals surface area contributed by atoms with Crippen LogP contribution in [0.5, 0.6) is 11.5 Å². The van der Waals surface area contributed by atoms with Gasteiger partial charge < -0.3 is 19.9 Å². The Hall–Kier alpha value is -0.970. The maximum atomic E-state index is 9.61. The number of halogens is 1. The molecule has 1 aliphatic rings. The van der Waals surface area contributed by atoms with E-state index in [4.69, 9.17) is 21.1 Å². The quantitative estimate of drug-likeness (QED) is 0.879. The molecule has 1 aromatic rings. The lowest BCUT2D eigenvalue weighted by molar-refractivity contribution is 0.0795. The van der Waals surface area contributed by atoms with Crippen LogP contribution in [0.15, 0.2) is 12.1 Å². The van der Waals surface area contributed by atoms with Gasteiger partial charge in [-0.3, -0.25) is 0 Å². The maximum Gasteiger partial charge on any atom is 0.179 e. The first-order valence-electron chi connectivity index (χ1n) is 5.97. The van der Waals surface area contributed by atoms with Gasteiger partial charge in [-0.05, 0) is 31.5 Å². The summed E-state index contributed by atoms with van der Waals surface area (Å²) in [6, 6.07) is 3.77. The van der Waals surface area contributed by atoms with E-state index in [-0.39, 0.29) is 0 Å². The highest BCUT2D eigenvalue weighted by atomic mass is 35.5.